The lowest BCUT2D eigenvalue weighted by molar-refractivity contribution is 0.0702. The van der Waals surface area contributed by atoms with Crippen LogP contribution in [0.4, 0.5) is 0 Å². The zero-order chi connectivity index (χ0) is 14.3. The van der Waals surface area contributed by atoms with Gasteiger partial charge in [0.25, 0.3) is 0 Å². The number of carbonyl (C=O) groups is 1. The van der Waals surface area contributed by atoms with Crippen molar-refractivity contribution >= 4 is 38.7 Å². The molecule has 1 aliphatic rings. The zero-order valence-corrected chi connectivity index (χ0v) is 12.7. The molecule has 2 aromatic rings. The summed E-state index contributed by atoms with van der Waals surface area (Å²) in [6.45, 7) is 0.799. The highest BCUT2D eigenvalue weighted by Gasteiger charge is 2.30. The van der Waals surface area contributed by atoms with Crippen LogP contribution in [0.2, 0.25) is 0 Å². The van der Waals surface area contributed by atoms with Gasteiger partial charge in [-0.2, -0.15) is 4.31 Å². The van der Waals surface area contributed by atoms with Gasteiger partial charge in [-0.3, -0.25) is 0 Å². The molecule has 0 saturated heterocycles. The second kappa shape index (κ2) is 4.96. The van der Waals surface area contributed by atoms with E-state index in [-0.39, 0.29) is 9.77 Å². The van der Waals surface area contributed by atoms with Crippen molar-refractivity contribution in [2.75, 3.05) is 6.54 Å². The van der Waals surface area contributed by atoms with E-state index < -0.39 is 16.0 Å². The van der Waals surface area contributed by atoms with Crippen molar-refractivity contribution in [1.29, 1.82) is 0 Å². The molecule has 2 aromatic heterocycles. The van der Waals surface area contributed by atoms with Crippen molar-refractivity contribution in [3.8, 4) is 0 Å². The maximum atomic E-state index is 12.5. The molecule has 0 spiro atoms. The third-order valence-corrected chi connectivity index (χ3v) is 7.11. The van der Waals surface area contributed by atoms with E-state index in [0.29, 0.717) is 19.5 Å². The minimum atomic E-state index is -3.61. The Morgan fingerprint density at radius 2 is 2.15 bits per heavy atom. The molecule has 1 aliphatic heterocycles. The van der Waals surface area contributed by atoms with Gasteiger partial charge in [-0.15, -0.1) is 22.7 Å². The molecular weight excluding hydrogens is 318 g/mol. The molecule has 8 heteroatoms. The van der Waals surface area contributed by atoms with Gasteiger partial charge in [-0.25, -0.2) is 13.2 Å². The number of hydrogen-bond donors (Lipinski definition) is 1. The number of carboxylic acids is 1. The van der Waals surface area contributed by atoms with Gasteiger partial charge in [0, 0.05) is 23.3 Å². The second-order valence-electron chi connectivity index (χ2n) is 4.41. The highest BCUT2D eigenvalue weighted by molar-refractivity contribution is 7.89. The maximum absolute atomic E-state index is 12.5. The summed E-state index contributed by atoms with van der Waals surface area (Å²) >= 11 is 2.58. The fourth-order valence-corrected chi connectivity index (χ4v) is 5.55. The highest BCUT2D eigenvalue weighted by Crippen LogP contribution is 2.29. The molecule has 1 N–H and O–H groups in total. The molecule has 20 heavy (non-hydrogen) atoms. The number of nitrogens with zero attached hydrogens (tertiary/aromatic N) is 1. The van der Waals surface area contributed by atoms with Gasteiger partial charge in [-0.1, -0.05) is 0 Å². The molecule has 3 rings (SSSR count). The number of thiophene rings is 2. The monoisotopic (exact) mass is 329 g/mol. The van der Waals surface area contributed by atoms with E-state index >= 15 is 0 Å². The van der Waals surface area contributed by atoms with Crippen LogP contribution in [0.25, 0.3) is 0 Å². The van der Waals surface area contributed by atoms with E-state index in [0.717, 1.165) is 16.9 Å². The van der Waals surface area contributed by atoms with Gasteiger partial charge in [0.1, 0.15) is 4.88 Å². The summed E-state index contributed by atoms with van der Waals surface area (Å²) in [7, 11) is -3.61. The number of fused-ring (bicyclic) bond motifs is 1. The SMILES string of the molecule is O=C(O)c1cc(S(=O)(=O)N2CCc3sccc3C2)cs1. The largest absolute Gasteiger partial charge is 0.477 e. The van der Waals surface area contributed by atoms with Crippen molar-refractivity contribution in [2.24, 2.45) is 0 Å². The highest BCUT2D eigenvalue weighted by atomic mass is 32.2. The van der Waals surface area contributed by atoms with Gasteiger partial charge < -0.3 is 5.11 Å². The summed E-state index contributed by atoms with van der Waals surface area (Å²) in [5.74, 6) is -1.10. The van der Waals surface area contributed by atoms with E-state index in [4.69, 9.17) is 5.11 Å². The Morgan fingerprint density at radius 1 is 1.35 bits per heavy atom. The summed E-state index contributed by atoms with van der Waals surface area (Å²) in [4.78, 5) is 12.2. The molecule has 5 nitrogen and oxygen atoms in total. The van der Waals surface area contributed by atoms with E-state index in [2.05, 4.69) is 0 Å². The number of hydrogen-bond acceptors (Lipinski definition) is 5. The Morgan fingerprint density at radius 3 is 2.85 bits per heavy atom. The molecule has 0 aliphatic carbocycles. The van der Waals surface area contributed by atoms with Crippen LogP contribution >= 0.6 is 22.7 Å². The quantitative estimate of drug-likeness (QED) is 0.937. The minimum Gasteiger partial charge on any atom is -0.477 e. The van der Waals surface area contributed by atoms with E-state index in [1.165, 1.54) is 20.6 Å². The summed E-state index contributed by atoms with van der Waals surface area (Å²) in [6, 6.07) is 3.17. The molecule has 0 fully saturated rings. The van der Waals surface area contributed by atoms with Crippen LogP contribution < -0.4 is 0 Å². The van der Waals surface area contributed by atoms with Crippen LogP contribution in [-0.2, 0) is 23.0 Å². The second-order valence-corrected chi connectivity index (χ2v) is 8.26. The average molecular weight is 329 g/mol. The van der Waals surface area contributed by atoms with Crippen LogP contribution in [0.3, 0.4) is 0 Å². The molecular formula is C12H11NO4S3. The maximum Gasteiger partial charge on any atom is 0.345 e. The zero-order valence-electron chi connectivity index (χ0n) is 10.3. The lowest BCUT2D eigenvalue weighted by Crippen LogP contribution is -2.35. The van der Waals surface area contributed by atoms with E-state index in [1.807, 2.05) is 11.4 Å². The number of sulfonamides is 1. The van der Waals surface area contributed by atoms with E-state index in [1.54, 1.807) is 11.3 Å². The third kappa shape index (κ3) is 2.28. The van der Waals surface area contributed by atoms with Gasteiger partial charge in [0.05, 0.1) is 4.90 Å². The van der Waals surface area contributed by atoms with Crippen LogP contribution in [0.15, 0.2) is 27.8 Å². The standard InChI is InChI=1S/C12H11NO4S3/c14-12(15)11-5-9(7-19-11)20(16,17)13-3-1-10-8(6-13)2-4-18-10/h2,4-5,7H,1,3,6H2,(H,14,15). The number of carboxylic acid groups (broad SMARTS) is 1. The fraction of sp³-hybridized carbons (Fsp3) is 0.250. The molecule has 0 amide bonds. The predicted octanol–water partition coefficient (Wildman–Crippen LogP) is 2.25. The first kappa shape index (κ1) is 13.7. The van der Waals surface area contributed by atoms with Gasteiger partial charge in [0.15, 0.2) is 0 Å². The summed E-state index contributed by atoms with van der Waals surface area (Å²) in [5.41, 5.74) is 1.04. The number of aromatic carboxylic acids is 1. The van der Waals surface area contributed by atoms with Gasteiger partial charge in [-0.05, 0) is 29.5 Å². The fourth-order valence-electron chi connectivity index (χ4n) is 2.14. The van der Waals surface area contributed by atoms with Crippen molar-refractivity contribution in [1.82, 2.24) is 4.31 Å². The molecule has 0 bridgehead atoms. The minimum absolute atomic E-state index is 0.0387. The van der Waals surface area contributed by atoms with Crippen molar-refractivity contribution < 1.29 is 18.3 Å². The molecule has 3 heterocycles. The van der Waals surface area contributed by atoms with Gasteiger partial charge >= 0.3 is 5.97 Å². The van der Waals surface area contributed by atoms with Crippen molar-refractivity contribution in [3.63, 3.8) is 0 Å². The predicted molar refractivity (Wildman–Crippen MR) is 76.9 cm³/mol. The Bertz CT molecular complexity index is 759. The third-order valence-electron chi connectivity index (χ3n) is 3.20. The first-order valence-corrected chi connectivity index (χ1v) is 9.05. The van der Waals surface area contributed by atoms with Crippen molar-refractivity contribution in [2.45, 2.75) is 17.9 Å². The topological polar surface area (TPSA) is 74.7 Å². The molecule has 0 aromatic carbocycles. The Balaban J connectivity index is 1.90. The Hall–Kier alpha value is -1.22. The summed E-state index contributed by atoms with van der Waals surface area (Å²) < 4.78 is 26.4. The molecule has 0 unspecified atom stereocenters. The number of rotatable bonds is 3. The normalized spacial score (nSPS) is 16.0. The molecule has 0 saturated carbocycles. The van der Waals surface area contributed by atoms with Crippen LogP contribution in [0.1, 0.15) is 20.1 Å². The van der Waals surface area contributed by atoms with Crippen LogP contribution in [-0.4, -0.2) is 30.3 Å². The Kier molecular flexibility index (Phi) is 3.41. The molecule has 0 atom stereocenters. The van der Waals surface area contributed by atoms with Gasteiger partial charge in [0.2, 0.25) is 10.0 Å². The first-order valence-electron chi connectivity index (χ1n) is 5.86. The lowest BCUT2D eigenvalue weighted by Gasteiger charge is -2.25. The van der Waals surface area contributed by atoms with Crippen LogP contribution in [0, 0.1) is 0 Å². The summed E-state index contributed by atoms with van der Waals surface area (Å²) in [5, 5.41) is 12.2. The average Bonchev–Trinajstić information content (AvgIpc) is 3.07. The smallest absolute Gasteiger partial charge is 0.345 e. The molecule has 0 radical (unpaired) electrons. The summed E-state index contributed by atoms with van der Waals surface area (Å²) in [6.07, 6.45) is 0.710. The lowest BCUT2D eigenvalue weighted by atomic mass is 10.1. The van der Waals surface area contributed by atoms with Crippen LogP contribution in [0.5, 0.6) is 0 Å². The van der Waals surface area contributed by atoms with Crippen molar-refractivity contribution in [3.05, 3.63) is 38.2 Å². The first-order chi connectivity index (χ1) is 9.48. The Labute approximate surface area is 124 Å². The van der Waals surface area contributed by atoms with E-state index in [9.17, 15) is 13.2 Å². The molecule has 106 valence electrons.